The van der Waals surface area contributed by atoms with Crippen LogP contribution >= 0.6 is 11.8 Å². The highest BCUT2D eigenvalue weighted by atomic mass is 32.2. The van der Waals surface area contributed by atoms with Gasteiger partial charge in [0.05, 0.1) is 5.75 Å². The van der Waals surface area contributed by atoms with Crippen LogP contribution in [-0.4, -0.2) is 31.9 Å². The monoisotopic (exact) mass is 291 g/mol. The summed E-state index contributed by atoms with van der Waals surface area (Å²) >= 11 is 1.33. The predicted octanol–water partition coefficient (Wildman–Crippen LogP) is 2.04. The van der Waals surface area contributed by atoms with E-state index in [1.807, 2.05) is 39.0 Å². The van der Waals surface area contributed by atoms with Crippen molar-refractivity contribution in [3.05, 3.63) is 29.3 Å². The number of rotatable bonds is 5. The van der Waals surface area contributed by atoms with Crippen LogP contribution in [0, 0.1) is 13.8 Å². The molecule has 0 saturated heterocycles. The van der Waals surface area contributed by atoms with Gasteiger partial charge in [0, 0.05) is 12.2 Å². The molecule has 1 heterocycles. The van der Waals surface area contributed by atoms with Crippen molar-refractivity contribution >= 4 is 23.4 Å². The number of carbonyl (C=O) groups excluding carboxylic acids is 1. The molecular formula is C13H17N5OS. The highest BCUT2D eigenvalue weighted by Crippen LogP contribution is 2.18. The number of tetrazole rings is 1. The number of anilines is 1. The van der Waals surface area contributed by atoms with Crippen molar-refractivity contribution in [2.75, 3.05) is 11.1 Å². The first-order valence-corrected chi connectivity index (χ1v) is 7.34. The predicted molar refractivity (Wildman–Crippen MR) is 78.8 cm³/mol. The van der Waals surface area contributed by atoms with Crippen molar-refractivity contribution in [3.63, 3.8) is 0 Å². The second-order valence-corrected chi connectivity index (χ2v) is 5.37. The summed E-state index contributed by atoms with van der Waals surface area (Å²) in [5, 5.41) is 14.8. The first-order valence-electron chi connectivity index (χ1n) is 6.36. The van der Waals surface area contributed by atoms with Gasteiger partial charge in [-0.05, 0) is 42.8 Å². The molecule has 0 aliphatic heterocycles. The highest BCUT2D eigenvalue weighted by Gasteiger charge is 2.10. The van der Waals surface area contributed by atoms with Crippen LogP contribution < -0.4 is 5.32 Å². The summed E-state index contributed by atoms with van der Waals surface area (Å²) < 4.78 is 1.66. The number of aryl methyl sites for hydroxylation is 3. The summed E-state index contributed by atoms with van der Waals surface area (Å²) in [7, 11) is 0. The standard InChI is InChI=1S/C13H17N5OS/c1-4-18-13(15-16-17-18)20-8-12(19)14-11-6-5-9(2)7-10(11)3/h5-7H,4,8H2,1-3H3,(H,14,19). The molecule has 1 aromatic heterocycles. The fourth-order valence-corrected chi connectivity index (χ4v) is 2.51. The zero-order chi connectivity index (χ0) is 14.5. The lowest BCUT2D eigenvalue weighted by Gasteiger charge is -2.08. The maximum Gasteiger partial charge on any atom is 0.234 e. The molecule has 6 nitrogen and oxygen atoms in total. The summed E-state index contributed by atoms with van der Waals surface area (Å²) in [6.07, 6.45) is 0. The maximum absolute atomic E-state index is 11.9. The number of hydrogen-bond donors (Lipinski definition) is 1. The molecule has 106 valence electrons. The average molecular weight is 291 g/mol. The van der Waals surface area contributed by atoms with Gasteiger partial charge in [0.2, 0.25) is 11.1 Å². The van der Waals surface area contributed by atoms with Crippen molar-refractivity contribution in [1.29, 1.82) is 0 Å². The molecule has 0 unspecified atom stereocenters. The zero-order valence-corrected chi connectivity index (χ0v) is 12.6. The minimum absolute atomic E-state index is 0.0624. The normalized spacial score (nSPS) is 10.6. The molecule has 1 amide bonds. The van der Waals surface area contributed by atoms with Crippen LogP contribution in [0.15, 0.2) is 23.4 Å². The summed E-state index contributed by atoms with van der Waals surface area (Å²) in [6.45, 7) is 6.65. The van der Waals surface area contributed by atoms with Gasteiger partial charge in [-0.15, -0.1) is 5.10 Å². The van der Waals surface area contributed by atoms with Gasteiger partial charge in [-0.2, -0.15) is 0 Å². The number of thioether (sulfide) groups is 1. The average Bonchev–Trinajstić information content (AvgIpc) is 2.87. The van der Waals surface area contributed by atoms with Crippen molar-refractivity contribution in [3.8, 4) is 0 Å². The molecule has 1 N–H and O–H groups in total. The van der Waals surface area contributed by atoms with Crippen LogP contribution in [0.5, 0.6) is 0 Å². The molecule has 0 aliphatic rings. The molecular weight excluding hydrogens is 274 g/mol. The van der Waals surface area contributed by atoms with Crippen LogP contribution in [0.4, 0.5) is 5.69 Å². The Morgan fingerprint density at radius 3 is 2.90 bits per heavy atom. The zero-order valence-electron chi connectivity index (χ0n) is 11.8. The Labute approximate surface area is 121 Å². The van der Waals surface area contributed by atoms with Crippen LogP contribution in [0.25, 0.3) is 0 Å². The van der Waals surface area contributed by atoms with Gasteiger partial charge in [0.25, 0.3) is 0 Å². The number of amides is 1. The third kappa shape index (κ3) is 3.57. The lowest BCUT2D eigenvalue weighted by atomic mass is 10.1. The molecule has 0 fully saturated rings. The first kappa shape index (κ1) is 14.5. The number of nitrogens with one attached hydrogen (secondary N) is 1. The SMILES string of the molecule is CCn1nnnc1SCC(=O)Nc1ccc(C)cc1C. The van der Waals surface area contributed by atoms with Crippen molar-refractivity contribution in [2.24, 2.45) is 0 Å². The number of hydrogen-bond acceptors (Lipinski definition) is 5. The van der Waals surface area contributed by atoms with E-state index in [-0.39, 0.29) is 11.7 Å². The second kappa shape index (κ2) is 6.51. The fraction of sp³-hybridized carbons (Fsp3) is 0.385. The van der Waals surface area contributed by atoms with Gasteiger partial charge in [0.1, 0.15) is 0 Å². The topological polar surface area (TPSA) is 72.7 Å². The van der Waals surface area contributed by atoms with Crippen LogP contribution in [0.1, 0.15) is 18.1 Å². The van der Waals surface area contributed by atoms with Crippen LogP contribution in [0.3, 0.4) is 0 Å². The summed E-state index contributed by atoms with van der Waals surface area (Å²) in [4.78, 5) is 11.9. The van der Waals surface area contributed by atoms with E-state index in [1.54, 1.807) is 4.68 Å². The second-order valence-electron chi connectivity index (χ2n) is 4.43. The quantitative estimate of drug-likeness (QED) is 0.853. The van der Waals surface area contributed by atoms with E-state index in [9.17, 15) is 4.79 Å². The van der Waals surface area contributed by atoms with E-state index in [2.05, 4.69) is 20.8 Å². The van der Waals surface area contributed by atoms with E-state index in [0.29, 0.717) is 11.7 Å². The molecule has 0 radical (unpaired) electrons. The van der Waals surface area contributed by atoms with E-state index in [0.717, 1.165) is 11.3 Å². The van der Waals surface area contributed by atoms with E-state index in [4.69, 9.17) is 0 Å². The van der Waals surface area contributed by atoms with Gasteiger partial charge in [-0.25, -0.2) is 4.68 Å². The Hall–Kier alpha value is -1.89. The third-order valence-corrected chi connectivity index (χ3v) is 3.74. The molecule has 7 heteroatoms. The van der Waals surface area contributed by atoms with Crippen molar-refractivity contribution in [1.82, 2.24) is 20.2 Å². The van der Waals surface area contributed by atoms with Gasteiger partial charge in [-0.1, -0.05) is 29.5 Å². The Bertz CT molecular complexity index is 611. The molecule has 0 bridgehead atoms. The number of benzene rings is 1. The minimum Gasteiger partial charge on any atom is -0.325 e. The lowest BCUT2D eigenvalue weighted by Crippen LogP contribution is -2.15. The molecule has 2 aromatic rings. The van der Waals surface area contributed by atoms with E-state index < -0.39 is 0 Å². The smallest absolute Gasteiger partial charge is 0.234 e. The van der Waals surface area contributed by atoms with Crippen molar-refractivity contribution < 1.29 is 4.79 Å². The number of carbonyl (C=O) groups is 1. The molecule has 2 rings (SSSR count). The van der Waals surface area contributed by atoms with Crippen LogP contribution in [0.2, 0.25) is 0 Å². The Balaban J connectivity index is 1.93. The Morgan fingerprint density at radius 2 is 2.20 bits per heavy atom. The van der Waals surface area contributed by atoms with Crippen LogP contribution in [-0.2, 0) is 11.3 Å². The summed E-state index contributed by atoms with van der Waals surface area (Å²) in [5.74, 6) is 0.223. The van der Waals surface area contributed by atoms with Gasteiger partial charge >= 0.3 is 0 Å². The van der Waals surface area contributed by atoms with E-state index in [1.165, 1.54) is 17.3 Å². The summed E-state index contributed by atoms with van der Waals surface area (Å²) in [5.41, 5.74) is 3.08. The maximum atomic E-state index is 11.9. The highest BCUT2D eigenvalue weighted by molar-refractivity contribution is 7.99. The third-order valence-electron chi connectivity index (χ3n) is 2.79. The number of nitrogens with zero attached hydrogens (tertiary/aromatic N) is 4. The van der Waals surface area contributed by atoms with Gasteiger partial charge in [-0.3, -0.25) is 4.79 Å². The van der Waals surface area contributed by atoms with Crippen molar-refractivity contribution in [2.45, 2.75) is 32.5 Å². The Morgan fingerprint density at radius 1 is 1.40 bits per heavy atom. The fourth-order valence-electron chi connectivity index (χ4n) is 1.77. The molecule has 20 heavy (non-hydrogen) atoms. The molecule has 0 spiro atoms. The summed E-state index contributed by atoms with van der Waals surface area (Å²) in [6, 6.07) is 5.94. The van der Waals surface area contributed by atoms with Gasteiger partial charge in [0.15, 0.2) is 0 Å². The van der Waals surface area contributed by atoms with E-state index >= 15 is 0 Å². The lowest BCUT2D eigenvalue weighted by molar-refractivity contribution is -0.113. The molecule has 0 aliphatic carbocycles. The molecule has 0 atom stereocenters. The molecule has 1 aromatic carbocycles. The number of aromatic nitrogens is 4. The molecule has 0 saturated carbocycles. The minimum atomic E-state index is -0.0624. The Kier molecular flexibility index (Phi) is 4.73. The largest absolute Gasteiger partial charge is 0.325 e. The van der Waals surface area contributed by atoms with Gasteiger partial charge < -0.3 is 5.32 Å². The first-order chi connectivity index (χ1) is 9.60.